The molecule has 0 N–H and O–H groups in total. The van der Waals surface area contributed by atoms with E-state index in [0.29, 0.717) is 16.7 Å². The van der Waals surface area contributed by atoms with Crippen LogP contribution in [0.25, 0.3) is 0 Å². The smallest absolute Gasteiger partial charge is 0.306 e. The molecule has 1 heterocycles. The molecule has 2 aromatic carbocycles. The lowest BCUT2D eigenvalue weighted by Crippen LogP contribution is -2.32. The van der Waals surface area contributed by atoms with Crippen LogP contribution in [0.1, 0.15) is 45.2 Å². The lowest BCUT2D eigenvalue weighted by atomic mass is 10.1. The van der Waals surface area contributed by atoms with Crippen molar-refractivity contribution in [3.63, 3.8) is 0 Å². The normalized spacial score (nSPS) is 13.8. The highest BCUT2D eigenvalue weighted by molar-refractivity contribution is 6.21. The van der Waals surface area contributed by atoms with Crippen molar-refractivity contribution in [3.8, 4) is 0 Å². The molecule has 2 aromatic rings. The number of carbonyl (C=O) groups is 4. The highest BCUT2D eigenvalue weighted by Gasteiger charge is 2.34. The van der Waals surface area contributed by atoms with E-state index in [2.05, 4.69) is 0 Å². The van der Waals surface area contributed by atoms with Crippen molar-refractivity contribution in [2.75, 3.05) is 20.6 Å². The van der Waals surface area contributed by atoms with E-state index >= 15 is 0 Å². The molecule has 1 aliphatic heterocycles. The summed E-state index contributed by atoms with van der Waals surface area (Å²) in [7, 11) is 3.18. The topological polar surface area (TPSA) is 84.0 Å². The second kappa shape index (κ2) is 8.68. The summed E-state index contributed by atoms with van der Waals surface area (Å²) in [5, 5.41) is 0. The molecule has 0 bridgehead atoms. The summed E-state index contributed by atoms with van der Waals surface area (Å²) in [6.07, 6.45) is -0.794. The number of carbonyl (C=O) groups excluding carboxylic acids is 4. The fourth-order valence-electron chi connectivity index (χ4n) is 3.14. The molecule has 1 aliphatic rings. The van der Waals surface area contributed by atoms with Crippen LogP contribution >= 0.6 is 0 Å². The third-order valence-electron chi connectivity index (χ3n) is 4.66. The average molecular weight is 394 g/mol. The standard InChI is InChI=1S/C22H22N2O5/c1-23(2)22(28)19(15-9-4-3-5-10-15)29-18(25)13-8-14-24-20(26)16-11-6-7-12-17(16)21(24)27/h3-7,9-12,19H,8,13-14H2,1-2H3/t19-/m1/s1. The van der Waals surface area contributed by atoms with Gasteiger partial charge in [0.25, 0.3) is 17.7 Å². The van der Waals surface area contributed by atoms with Gasteiger partial charge in [-0.1, -0.05) is 42.5 Å². The van der Waals surface area contributed by atoms with Gasteiger partial charge in [-0.25, -0.2) is 0 Å². The van der Waals surface area contributed by atoms with Crippen LogP contribution in [0.3, 0.4) is 0 Å². The summed E-state index contributed by atoms with van der Waals surface area (Å²) in [6.45, 7) is 0.110. The van der Waals surface area contributed by atoms with Gasteiger partial charge in [0.05, 0.1) is 11.1 Å². The van der Waals surface area contributed by atoms with Gasteiger partial charge in [-0.15, -0.1) is 0 Å². The quantitative estimate of drug-likeness (QED) is 0.532. The van der Waals surface area contributed by atoms with Crippen LogP contribution in [0.15, 0.2) is 54.6 Å². The average Bonchev–Trinajstić information content (AvgIpc) is 2.97. The Morgan fingerprint density at radius 3 is 2.03 bits per heavy atom. The number of esters is 1. The van der Waals surface area contributed by atoms with E-state index in [1.165, 1.54) is 4.90 Å². The molecular weight excluding hydrogens is 372 g/mol. The maximum Gasteiger partial charge on any atom is 0.306 e. The molecule has 0 spiro atoms. The van der Waals surface area contributed by atoms with E-state index in [-0.39, 0.29) is 37.1 Å². The molecule has 7 nitrogen and oxygen atoms in total. The molecule has 0 aliphatic carbocycles. The largest absolute Gasteiger partial charge is 0.447 e. The maximum atomic E-state index is 12.4. The molecule has 0 radical (unpaired) electrons. The Hall–Kier alpha value is -3.48. The number of imide groups is 1. The molecule has 29 heavy (non-hydrogen) atoms. The monoisotopic (exact) mass is 394 g/mol. The van der Waals surface area contributed by atoms with Gasteiger partial charge in [0.2, 0.25) is 6.10 Å². The fraction of sp³-hybridized carbons (Fsp3) is 0.273. The first kappa shape index (κ1) is 20.3. The number of nitrogens with zero attached hydrogens (tertiary/aromatic N) is 2. The van der Waals surface area contributed by atoms with Crippen molar-refractivity contribution in [3.05, 3.63) is 71.3 Å². The predicted octanol–water partition coefficient (Wildman–Crippen LogP) is 2.44. The summed E-state index contributed by atoms with van der Waals surface area (Å²) in [5.74, 6) is -1.62. The Kier molecular flexibility index (Phi) is 6.07. The number of amides is 3. The minimum Gasteiger partial charge on any atom is -0.447 e. The number of likely N-dealkylation sites (N-methyl/N-ethyl adjacent to an activating group) is 1. The van der Waals surface area contributed by atoms with Gasteiger partial charge in [-0.2, -0.15) is 0 Å². The molecular formula is C22H22N2O5. The van der Waals surface area contributed by atoms with Crippen molar-refractivity contribution >= 4 is 23.7 Å². The minimum atomic E-state index is -1.03. The van der Waals surface area contributed by atoms with Crippen molar-refractivity contribution in [1.82, 2.24) is 9.80 Å². The van der Waals surface area contributed by atoms with Crippen LogP contribution < -0.4 is 0 Å². The van der Waals surface area contributed by atoms with Gasteiger partial charge in [0.15, 0.2) is 0 Å². The molecule has 150 valence electrons. The first-order valence-corrected chi connectivity index (χ1v) is 9.31. The van der Waals surface area contributed by atoms with E-state index in [0.717, 1.165) is 4.90 Å². The van der Waals surface area contributed by atoms with Crippen molar-refractivity contribution < 1.29 is 23.9 Å². The predicted molar refractivity (Wildman–Crippen MR) is 105 cm³/mol. The molecule has 1 atom stereocenters. The Bertz CT molecular complexity index is 904. The number of rotatable bonds is 7. The molecule has 0 unspecified atom stereocenters. The van der Waals surface area contributed by atoms with Crippen LogP contribution in [-0.4, -0.2) is 54.1 Å². The summed E-state index contributed by atoms with van der Waals surface area (Å²) in [5.41, 5.74) is 1.33. The molecule has 3 amide bonds. The lowest BCUT2D eigenvalue weighted by Gasteiger charge is -2.21. The number of hydrogen-bond acceptors (Lipinski definition) is 5. The zero-order valence-electron chi connectivity index (χ0n) is 16.3. The van der Waals surface area contributed by atoms with E-state index in [1.54, 1.807) is 62.6 Å². The Labute approximate surface area is 168 Å². The Morgan fingerprint density at radius 2 is 1.48 bits per heavy atom. The van der Waals surface area contributed by atoms with Crippen LogP contribution in [0.4, 0.5) is 0 Å². The minimum absolute atomic E-state index is 0.0164. The Balaban J connectivity index is 1.58. The van der Waals surface area contributed by atoms with Crippen molar-refractivity contribution in [2.45, 2.75) is 18.9 Å². The highest BCUT2D eigenvalue weighted by atomic mass is 16.5. The summed E-state index contributed by atoms with van der Waals surface area (Å²) < 4.78 is 5.42. The summed E-state index contributed by atoms with van der Waals surface area (Å²) >= 11 is 0. The zero-order chi connectivity index (χ0) is 21.0. The number of hydrogen-bond donors (Lipinski definition) is 0. The first-order valence-electron chi connectivity index (χ1n) is 9.31. The maximum absolute atomic E-state index is 12.4. The van der Waals surface area contributed by atoms with Crippen molar-refractivity contribution in [2.24, 2.45) is 0 Å². The summed E-state index contributed by atoms with van der Waals surface area (Å²) in [4.78, 5) is 52.0. The second-order valence-corrected chi connectivity index (χ2v) is 6.92. The zero-order valence-corrected chi connectivity index (χ0v) is 16.3. The molecule has 3 rings (SSSR count). The third-order valence-corrected chi connectivity index (χ3v) is 4.66. The number of fused-ring (bicyclic) bond motifs is 1. The molecule has 0 saturated carbocycles. The Morgan fingerprint density at radius 1 is 0.931 bits per heavy atom. The van der Waals surface area contributed by atoms with Crippen LogP contribution in [0.2, 0.25) is 0 Å². The van der Waals surface area contributed by atoms with E-state index < -0.39 is 12.1 Å². The third kappa shape index (κ3) is 4.34. The van der Waals surface area contributed by atoms with Crippen LogP contribution in [0, 0.1) is 0 Å². The van der Waals surface area contributed by atoms with Crippen molar-refractivity contribution in [1.29, 1.82) is 0 Å². The highest BCUT2D eigenvalue weighted by Crippen LogP contribution is 2.23. The molecule has 0 fully saturated rings. The van der Waals surface area contributed by atoms with Gasteiger partial charge in [-0.3, -0.25) is 24.1 Å². The van der Waals surface area contributed by atoms with Crippen LogP contribution in [-0.2, 0) is 14.3 Å². The first-order chi connectivity index (χ1) is 13.9. The second-order valence-electron chi connectivity index (χ2n) is 6.92. The number of ether oxygens (including phenoxy) is 1. The molecule has 7 heteroatoms. The lowest BCUT2D eigenvalue weighted by molar-refractivity contribution is -0.159. The van der Waals surface area contributed by atoms with E-state index in [9.17, 15) is 19.2 Å². The molecule has 0 aromatic heterocycles. The van der Waals surface area contributed by atoms with Gasteiger partial charge >= 0.3 is 5.97 Å². The fourth-order valence-corrected chi connectivity index (χ4v) is 3.14. The van der Waals surface area contributed by atoms with E-state index in [4.69, 9.17) is 4.74 Å². The van der Waals surface area contributed by atoms with Crippen LogP contribution in [0.5, 0.6) is 0 Å². The van der Waals surface area contributed by atoms with Gasteiger partial charge in [0, 0.05) is 32.6 Å². The summed E-state index contributed by atoms with van der Waals surface area (Å²) in [6, 6.07) is 15.4. The molecule has 0 saturated heterocycles. The SMILES string of the molecule is CN(C)C(=O)[C@H](OC(=O)CCCN1C(=O)c2ccccc2C1=O)c1ccccc1. The number of benzene rings is 2. The van der Waals surface area contributed by atoms with E-state index in [1.807, 2.05) is 6.07 Å². The van der Waals surface area contributed by atoms with Gasteiger partial charge in [0.1, 0.15) is 0 Å². The van der Waals surface area contributed by atoms with Gasteiger partial charge in [-0.05, 0) is 18.6 Å². The van der Waals surface area contributed by atoms with Gasteiger partial charge < -0.3 is 9.64 Å².